The van der Waals surface area contributed by atoms with E-state index in [0.29, 0.717) is 6.54 Å². The maximum Gasteiger partial charge on any atom is 0.241 e. The normalized spacial score (nSPS) is 13.8. The number of aromatic amines is 1. The van der Waals surface area contributed by atoms with Crippen LogP contribution >= 0.6 is 11.6 Å². The second-order valence-corrected chi connectivity index (χ2v) is 10.2. The summed E-state index contributed by atoms with van der Waals surface area (Å²) in [6, 6.07) is 13.3. The van der Waals surface area contributed by atoms with E-state index in [0.717, 1.165) is 34.9 Å². The van der Waals surface area contributed by atoms with E-state index in [2.05, 4.69) is 15.0 Å². The highest BCUT2D eigenvalue weighted by Gasteiger charge is 2.26. The molecule has 0 saturated carbocycles. The first-order valence-corrected chi connectivity index (χ1v) is 12.2. The maximum atomic E-state index is 13.0. The number of aryl methyl sites for hydroxylation is 1. The largest absolute Gasteiger partial charge is 0.361 e. The van der Waals surface area contributed by atoms with Gasteiger partial charge < -0.3 is 10.3 Å². The Morgan fingerprint density at radius 2 is 1.84 bits per heavy atom. The number of hydrogen-bond acceptors (Lipinski definition) is 3. The van der Waals surface area contributed by atoms with Gasteiger partial charge in [0, 0.05) is 29.0 Å². The first-order chi connectivity index (χ1) is 14.8. The van der Waals surface area contributed by atoms with Crippen LogP contribution in [0.3, 0.4) is 0 Å². The van der Waals surface area contributed by atoms with Gasteiger partial charge in [0.25, 0.3) is 0 Å². The third kappa shape index (κ3) is 6.32. The molecule has 0 fully saturated rings. The number of sulfonamides is 1. The van der Waals surface area contributed by atoms with E-state index in [-0.39, 0.29) is 22.6 Å². The van der Waals surface area contributed by atoms with Crippen LogP contribution in [0.15, 0.2) is 59.6 Å². The molecule has 31 heavy (non-hydrogen) atoms. The van der Waals surface area contributed by atoms with Crippen LogP contribution in [0.1, 0.15) is 30.9 Å². The van der Waals surface area contributed by atoms with E-state index in [1.165, 1.54) is 0 Å². The summed E-state index contributed by atoms with van der Waals surface area (Å²) in [5.41, 5.74) is 2.77. The van der Waals surface area contributed by atoms with Crippen LogP contribution in [0, 0.1) is 6.92 Å². The second-order valence-electron chi connectivity index (χ2n) is 7.76. The molecular weight excluding hydrogens is 434 g/mol. The Balaban J connectivity index is 1.81. The van der Waals surface area contributed by atoms with Crippen molar-refractivity contribution in [2.24, 2.45) is 0 Å². The maximum absolute atomic E-state index is 13.0. The highest BCUT2D eigenvalue weighted by molar-refractivity contribution is 7.89. The Bertz CT molecular complexity index is 1120. The molecule has 0 bridgehead atoms. The van der Waals surface area contributed by atoms with Crippen molar-refractivity contribution < 1.29 is 13.2 Å². The van der Waals surface area contributed by atoms with Gasteiger partial charge in [-0.25, -0.2) is 8.42 Å². The lowest BCUT2D eigenvalue weighted by molar-refractivity contribution is -0.122. The minimum Gasteiger partial charge on any atom is -0.361 e. The smallest absolute Gasteiger partial charge is 0.241 e. The standard InChI is InChI=1S/C23H28ClN3O3S/c1-16-9-11-19(12-10-16)31(29,30)27-22(23(28)25-13-5-6-17(2)24)14-18-15-26-21-8-4-3-7-20(18)21/h3-4,7-12,15,17,22,26-27H,5-6,13-14H2,1-2H3,(H,25,28)/t17?,22-/m0/s1. The van der Waals surface area contributed by atoms with E-state index >= 15 is 0 Å². The summed E-state index contributed by atoms with van der Waals surface area (Å²) in [6.07, 6.45) is 3.54. The summed E-state index contributed by atoms with van der Waals surface area (Å²) in [5.74, 6) is -0.358. The van der Waals surface area contributed by atoms with E-state index in [9.17, 15) is 13.2 Å². The zero-order valence-corrected chi connectivity index (χ0v) is 19.3. The second kappa shape index (κ2) is 10.3. The molecular formula is C23H28ClN3O3S. The molecule has 8 heteroatoms. The van der Waals surface area contributed by atoms with Gasteiger partial charge >= 0.3 is 0 Å². The van der Waals surface area contributed by atoms with Gasteiger partial charge in [0.2, 0.25) is 15.9 Å². The number of para-hydroxylation sites is 1. The highest BCUT2D eigenvalue weighted by Crippen LogP contribution is 2.20. The van der Waals surface area contributed by atoms with E-state index in [4.69, 9.17) is 11.6 Å². The highest BCUT2D eigenvalue weighted by atomic mass is 35.5. The first-order valence-electron chi connectivity index (χ1n) is 10.3. The lowest BCUT2D eigenvalue weighted by atomic mass is 10.0. The molecule has 0 aliphatic heterocycles. The summed E-state index contributed by atoms with van der Waals surface area (Å²) in [7, 11) is -3.86. The molecule has 6 nitrogen and oxygen atoms in total. The van der Waals surface area contributed by atoms with Crippen LogP contribution in [0.4, 0.5) is 0 Å². The fraction of sp³-hybridized carbons (Fsp3) is 0.348. The van der Waals surface area contributed by atoms with Gasteiger partial charge in [-0.15, -0.1) is 11.6 Å². The monoisotopic (exact) mass is 461 g/mol. The summed E-state index contributed by atoms with van der Waals surface area (Å²) < 4.78 is 28.5. The Kier molecular flexibility index (Phi) is 7.75. The minimum atomic E-state index is -3.86. The Morgan fingerprint density at radius 3 is 2.55 bits per heavy atom. The molecule has 166 valence electrons. The number of fused-ring (bicyclic) bond motifs is 1. The van der Waals surface area contributed by atoms with Crippen molar-refractivity contribution in [1.29, 1.82) is 0 Å². The zero-order valence-electron chi connectivity index (χ0n) is 17.7. The van der Waals surface area contributed by atoms with Crippen LogP contribution in [0.5, 0.6) is 0 Å². The van der Waals surface area contributed by atoms with Gasteiger partial charge in [0.1, 0.15) is 6.04 Å². The Hall–Kier alpha value is -2.35. The van der Waals surface area contributed by atoms with Crippen molar-refractivity contribution in [3.63, 3.8) is 0 Å². The summed E-state index contributed by atoms with van der Waals surface area (Å²) in [6.45, 7) is 4.23. The lowest BCUT2D eigenvalue weighted by Gasteiger charge is -2.19. The predicted molar refractivity (Wildman–Crippen MR) is 125 cm³/mol. The lowest BCUT2D eigenvalue weighted by Crippen LogP contribution is -2.48. The minimum absolute atomic E-state index is 0.0268. The van der Waals surface area contributed by atoms with E-state index in [1.54, 1.807) is 24.3 Å². The van der Waals surface area contributed by atoms with Gasteiger partial charge in [0.05, 0.1) is 4.90 Å². The molecule has 1 unspecified atom stereocenters. The van der Waals surface area contributed by atoms with Crippen molar-refractivity contribution in [1.82, 2.24) is 15.0 Å². The van der Waals surface area contributed by atoms with Gasteiger partial charge in [-0.1, -0.05) is 35.9 Å². The number of halogens is 1. The molecule has 3 N–H and O–H groups in total. The molecule has 0 spiro atoms. The van der Waals surface area contributed by atoms with Gasteiger partial charge in [-0.3, -0.25) is 4.79 Å². The van der Waals surface area contributed by atoms with Crippen molar-refractivity contribution in [3.8, 4) is 0 Å². The average molecular weight is 462 g/mol. The fourth-order valence-corrected chi connectivity index (χ4v) is 4.75. The number of nitrogens with one attached hydrogen (secondary N) is 3. The number of hydrogen-bond donors (Lipinski definition) is 3. The van der Waals surface area contributed by atoms with Crippen molar-refractivity contribution in [2.45, 2.75) is 49.4 Å². The third-order valence-corrected chi connectivity index (χ3v) is 6.83. The van der Waals surface area contributed by atoms with Crippen LogP contribution in [-0.4, -0.2) is 37.3 Å². The summed E-state index contributed by atoms with van der Waals surface area (Å²) in [5, 5.41) is 3.84. The number of alkyl halides is 1. The quantitative estimate of drug-likeness (QED) is 0.316. The molecule has 3 rings (SSSR count). The van der Waals surface area contributed by atoms with Gasteiger partial charge in [-0.2, -0.15) is 4.72 Å². The van der Waals surface area contributed by atoms with Crippen LogP contribution in [0.2, 0.25) is 0 Å². The molecule has 0 radical (unpaired) electrons. The van der Waals surface area contributed by atoms with Crippen molar-refractivity contribution in [2.75, 3.05) is 6.54 Å². The number of benzene rings is 2. The van der Waals surface area contributed by atoms with Crippen LogP contribution in [0.25, 0.3) is 10.9 Å². The molecule has 0 aliphatic rings. The summed E-state index contributed by atoms with van der Waals surface area (Å²) in [4.78, 5) is 16.2. The molecule has 1 aromatic heterocycles. The van der Waals surface area contributed by atoms with Gasteiger partial charge in [-0.05, 0) is 56.9 Å². The van der Waals surface area contributed by atoms with Crippen LogP contribution in [-0.2, 0) is 21.2 Å². The van der Waals surface area contributed by atoms with E-state index in [1.807, 2.05) is 44.3 Å². The number of amides is 1. The average Bonchev–Trinajstić information content (AvgIpc) is 3.13. The van der Waals surface area contributed by atoms with Gasteiger partial charge in [0.15, 0.2) is 0 Å². The molecule has 1 amide bonds. The third-order valence-electron chi connectivity index (χ3n) is 5.12. The number of rotatable bonds is 10. The molecule has 2 aromatic carbocycles. The number of carbonyl (C=O) groups is 1. The fourth-order valence-electron chi connectivity index (χ4n) is 3.40. The SMILES string of the molecule is Cc1ccc(S(=O)(=O)N[C@@H](Cc2c[nH]c3ccccc23)C(=O)NCCCC(C)Cl)cc1. The molecule has 0 saturated heterocycles. The van der Waals surface area contributed by atoms with Crippen molar-refractivity contribution >= 4 is 38.4 Å². The molecule has 0 aliphatic carbocycles. The topological polar surface area (TPSA) is 91.1 Å². The van der Waals surface area contributed by atoms with Crippen molar-refractivity contribution in [3.05, 3.63) is 65.9 Å². The predicted octanol–water partition coefficient (Wildman–Crippen LogP) is 3.89. The molecule has 3 aromatic rings. The Labute approximate surface area is 188 Å². The zero-order chi connectivity index (χ0) is 22.4. The molecule has 2 atom stereocenters. The number of H-pyrrole nitrogens is 1. The van der Waals surface area contributed by atoms with E-state index < -0.39 is 16.1 Å². The number of aromatic nitrogens is 1. The van der Waals surface area contributed by atoms with Crippen LogP contribution < -0.4 is 10.0 Å². The number of carbonyl (C=O) groups excluding carboxylic acids is 1. The molecule has 1 heterocycles. The summed E-state index contributed by atoms with van der Waals surface area (Å²) >= 11 is 5.96. The Morgan fingerprint density at radius 1 is 1.13 bits per heavy atom. The first kappa shape index (κ1) is 23.3.